The molecule has 0 amide bonds. The molecule has 3 heterocycles. The van der Waals surface area contributed by atoms with E-state index in [0.29, 0.717) is 24.9 Å². The van der Waals surface area contributed by atoms with E-state index in [-0.39, 0.29) is 17.9 Å². The third kappa shape index (κ3) is 4.85. The van der Waals surface area contributed by atoms with Crippen LogP contribution in [0.5, 0.6) is 0 Å². The van der Waals surface area contributed by atoms with Gasteiger partial charge in [0.15, 0.2) is 0 Å². The number of rotatable bonds is 6. The Morgan fingerprint density at radius 2 is 1.89 bits per heavy atom. The summed E-state index contributed by atoms with van der Waals surface area (Å²) in [4.78, 5) is 17.5. The van der Waals surface area contributed by atoms with E-state index in [9.17, 15) is 4.39 Å². The second-order valence-electron chi connectivity index (χ2n) is 7.19. The summed E-state index contributed by atoms with van der Waals surface area (Å²) in [5.74, 6) is 1.18. The van der Waals surface area contributed by atoms with Crippen LogP contribution in [-0.4, -0.2) is 65.3 Å². The van der Waals surface area contributed by atoms with Crippen molar-refractivity contribution >= 4 is 17.6 Å². The molecule has 2 aromatic rings. The number of halogens is 1. The zero-order chi connectivity index (χ0) is 19.3. The van der Waals surface area contributed by atoms with Crippen LogP contribution in [0.15, 0.2) is 24.3 Å². The minimum atomic E-state index is -0.210. The van der Waals surface area contributed by atoms with Gasteiger partial charge in [-0.1, -0.05) is 0 Å². The highest BCUT2D eigenvalue weighted by molar-refractivity contribution is 5.46. The first-order valence-electron chi connectivity index (χ1n) is 9.74. The van der Waals surface area contributed by atoms with Gasteiger partial charge in [-0.25, -0.2) is 4.39 Å². The van der Waals surface area contributed by atoms with Gasteiger partial charge in [0, 0.05) is 45.0 Å². The highest BCUT2D eigenvalue weighted by atomic mass is 19.1. The zero-order valence-electron chi connectivity index (χ0n) is 15.9. The van der Waals surface area contributed by atoms with Gasteiger partial charge in [0.25, 0.3) is 0 Å². The summed E-state index contributed by atoms with van der Waals surface area (Å²) in [6, 6.07) is 6.65. The molecular formula is C19H26FN7O. The largest absolute Gasteiger partial charge is 0.376 e. The van der Waals surface area contributed by atoms with Crippen molar-refractivity contribution in [3.63, 3.8) is 0 Å². The monoisotopic (exact) mass is 387 g/mol. The number of nitrogens with one attached hydrogen (secondary N) is 1. The number of hydrogen-bond acceptors (Lipinski definition) is 8. The number of piperazine rings is 1. The summed E-state index contributed by atoms with van der Waals surface area (Å²) < 4.78 is 18.7. The maximum Gasteiger partial charge on any atom is 0.227 e. The maximum absolute atomic E-state index is 13.1. The summed E-state index contributed by atoms with van der Waals surface area (Å²) in [5, 5.41) is 3.21. The number of nitrogens with zero attached hydrogens (tertiary/aromatic N) is 5. The lowest BCUT2D eigenvalue weighted by molar-refractivity contribution is 0.120. The predicted octanol–water partition coefficient (Wildman–Crippen LogP) is 1.51. The maximum atomic E-state index is 13.1. The number of nitrogens with two attached hydrogens (primary N) is 1. The number of hydrogen-bond donors (Lipinski definition) is 2. The first-order chi connectivity index (χ1) is 13.7. The lowest BCUT2D eigenvalue weighted by Gasteiger charge is -2.35. The third-order valence-corrected chi connectivity index (χ3v) is 5.14. The van der Waals surface area contributed by atoms with Gasteiger partial charge in [0.2, 0.25) is 11.9 Å². The van der Waals surface area contributed by atoms with E-state index in [1.165, 1.54) is 12.1 Å². The summed E-state index contributed by atoms with van der Waals surface area (Å²) in [7, 11) is 0. The fraction of sp³-hybridized carbons (Fsp3) is 0.526. The molecule has 28 heavy (non-hydrogen) atoms. The minimum absolute atomic E-state index is 0.209. The molecular weight excluding hydrogens is 361 g/mol. The Morgan fingerprint density at radius 3 is 2.61 bits per heavy atom. The van der Waals surface area contributed by atoms with Gasteiger partial charge in [-0.3, -0.25) is 4.90 Å². The Labute approximate surface area is 163 Å². The van der Waals surface area contributed by atoms with Crippen LogP contribution >= 0.6 is 0 Å². The molecule has 1 aromatic heterocycles. The smallest absolute Gasteiger partial charge is 0.227 e. The molecule has 0 aliphatic carbocycles. The predicted molar refractivity (Wildman–Crippen MR) is 106 cm³/mol. The van der Waals surface area contributed by atoms with E-state index >= 15 is 0 Å². The van der Waals surface area contributed by atoms with Gasteiger partial charge in [-0.05, 0) is 37.1 Å². The van der Waals surface area contributed by atoms with Crippen LogP contribution in [0.3, 0.4) is 0 Å². The van der Waals surface area contributed by atoms with Crippen LogP contribution in [-0.2, 0) is 11.3 Å². The Morgan fingerprint density at radius 1 is 1.11 bits per heavy atom. The van der Waals surface area contributed by atoms with E-state index in [1.54, 1.807) is 0 Å². The molecule has 150 valence electrons. The van der Waals surface area contributed by atoms with Crippen molar-refractivity contribution in [1.82, 2.24) is 19.9 Å². The first-order valence-corrected chi connectivity index (χ1v) is 9.74. The second-order valence-corrected chi connectivity index (χ2v) is 7.19. The van der Waals surface area contributed by atoms with Crippen molar-refractivity contribution in [3.8, 4) is 0 Å². The van der Waals surface area contributed by atoms with Crippen LogP contribution < -0.4 is 16.0 Å². The molecule has 4 rings (SSSR count). The van der Waals surface area contributed by atoms with Crippen LogP contribution in [0.2, 0.25) is 0 Å². The van der Waals surface area contributed by atoms with Gasteiger partial charge in [0.05, 0.1) is 12.6 Å². The Bertz CT molecular complexity index is 774. The molecule has 0 saturated carbocycles. The number of nitrogen functional groups attached to an aromatic ring is 1. The molecule has 0 spiro atoms. The van der Waals surface area contributed by atoms with Crippen LogP contribution in [0.25, 0.3) is 0 Å². The van der Waals surface area contributed by atoms with E-state index < -0.39 is 0 Å². The normalized spacial score (nSPS) is 20.5. The molecule has 2 aliphatic rings. The van der Waals surface area contributed by atoms with E-state index in [0.717, 1.165) is 51.3 Å². The third-order valence-electron chi connectivity index (χ3n) is 5.14. The average molecular weight is 387 g/mol. The average Bonchev–Trinajstić information content (AvgIpc) is 3.21. The highest BCUT2D eigenvalue weighted by Crippen LogP contribution is 2.18. The number of benzene rings is 1. The molecule has 3 N–H and O–H groups in total. The Kier molecular flexibility index (Phi) is 5.82. The summed E-state index contributed by atoms with van der Waals surface area (Å²) in [6.07, 6.45) is 2.36. The zero-order valence-corrected chi connectivity index (χ0v) is 15.9. The van der Waals surface area contributed by atoms with Crippen LogP contribution in [0, 0.1) is 5.82 Å². The molecule has 2 aliphatic heterocycles. The summed E-state index contributed by atoms with van der Waals surface area (Å²) in [6.45, 7) is 5.62. The lowest BCUT2D eigenvalue weighted by atomic mass is 10.2. The van der Waals surface area contributed by atoms with Gasteiger partial charge >= 0.3 is 0 Å². The van der Waals surface area contributed by atoms with Crippen LogP contribution in [0.1, 0.15) is 18.7 Å². The topological polar surface area (TPSA) is 92.4 Å². The molecule has 1 aromatic carbocycles. The fourth-order valence-electron chi connectivity index (χ4n) is 3.61. The highest BCUT2D eigenvalue weighted by Gasteiger charge is 2.19. The molecule has 9 heteroatoms. The number of anilines is 3. The molecule has 8 nitrogen and oxygen atoms in total. The number of aromatic nitrogens is 3. The summed E-state index contributed by atoms with van der Waals surface area (Å²) >= 11 is 0. The van der Waals surface area contributed by atoms with E-state index in [2.05, 4.69) is 30.1 Å². The van der Waals surface area contributed by atoms with Crippen LogP contribution in [0.4, 0.5) is 22.0 Å². The SMILES string of the molecule is Nc1nc(CN2CCN(c3ccc(F)cc3)CC2)nc(NCC2CCCO2)n1. The Hall–Kier alpha value is -2.52. The fourth-order valence-corrected chi connectivity index (χ4v) is 3.61. The summed E-state index contributed by atoms with van der Waals surface area (Å²) in [5.41, 5.74) is 6.91. The van der Waals surface area contributed by atoms with Crippen molar-refractivity contribution in [2.75, 3.05) is 55.3 Å². The molecule has 2 fully saturated rings. The minimum Gasteiger partial charge on any atom is -0.376 e. The second kappa shape index (κ2) is 8.66. The molecule has 1 atom stereocenters. The van der Waals surface area contributed by atoms with E-state index in [1.807, 2.05) is 12.1 Å². The van der Waals surface area contributed by atoms with Gasteiger partial charge in [-0.2, -0.15) is 15.0 Å². The molecule has 0 radical (unpaired) electrons. The van der Waals surface area contributed by atoms with Crippen molar-refractivity contribution in [2.24, 2.45) is 0 Å². The van der Waals surface area contributed by atoms with Gasteiger partial charge in [-0.15, -0.1) is 0 Å². The van der Waals surface area contributed by atoms with Crippen molar-refractivity contribution in [2.45, 2.75) is 25.5 Å². The van der Waals surface area contributed by atoms with Gasteiger partial charge < -0.3 is 20.7 Å². The molecule has 2 saturated heterocycles. The first kappa shape index (κ1) is 18.8. The Balaban J connectivity index is 1.31. The van der Waals surface area contributed by atoms with Crippen molar-refractivity contribution in [1.29, 1.82) is 0 Å². The van der Waals surface area contributed by atoms with E-state index in [4.69, 9.17) is 10.5 Å². The van der Waals surface area contributed by atoms with Crippen molar-refractivity contribution in [3.05, 3.63) is 35.9 Å². The van der Waals surface area contributed by atoms with Crippen molar-refractivity contribution < 1.29 is 9.13 Å². The van der Waals surface area contributed by atoms with Gasteiger partial charge in [0.1, 0.15) is 11.6 Å². The quantitative estimate of drug-likeness (QED) is 0.771. The molecule has 1 unspecified atom stereocenters. The lowest BCUT2D eigenvalue weighted by Crippen LogP contribution is -2.46. The number of ether oxygens (including phenoxy) is 1. The molecule has 0 bridgehead atoms. The standard InChI is InChI=1S/C19H26FN7O/c20-14-3-5-15(6-4-14)27-9-7-26(8-10-27)13-17-23-18(21)25-19(24-17)22-12-16-2-1-11-28-16/h3-6,16H,1-2,7-13H2,(H3,21,22,23,24,25).